The van der Waals surface area contributed by atoms with E-state index in [1.807, 2.05) is 0 Å². The van der Waals surface area contributed by atoms with Gasteiger partial charge < -0.3 is 8.83 Å². The molecule has 8 aromatic carbocycles. The van der Waals surface area contributed by atoms with E-state index < -0.39 is 0 Å². The van der Waals surface area contributed by atoms with Crippen LogP contribution in [-0.2, 0) is 10.8 Å². The van der Waals surface area contributed by atoms with Crippen LogP contribution in [0.3, 0.4) is 0 Å². The average molecular weight is 719 g/mol. The van der Waals surface area contributed by atoms with Gasteiger partial charge in [0.05, 0.1) is 5.56 Å². The molecule has 10 aromatic rings. The van der Waals surface area contributed by atoms with E-state index >= 15 is 0 Å². The van der Waals surface area contributed by atoms with Gasteiger partial charge in [-0.05, 0) is 79.4 Å². The summed E-state index contributed by atoms with van der Waals surface area (Å²) in [5.41, 5.74) is 20.6. The van der Waals surface area contributed by atoms with Crippen LogP contribution in [0.1, 0.15) is 49.9 Å². The molecule has 0 spiro atoms. The predicted molar refractivity (Wildman–Crippen MR) is 232 cm³/mol. The zero-order chi connectivity index (χ0) is 37.5. The first-order valence-corrected chi connectivity index (χ1v) is 19.7. The van der Waals surface area contributed by atoms with Crippen molar-refractivity contribution >= 4 is 43.9 Å². The first kappa shape index (κ1) is 31.7. The number of benzene rings is 8. The molecule has 2 nitrogen and oxygen atoms in total. The Hall–Kier alpha value is -6.64. The summed E-state index contributed by atoms with van der Waals surface area (Å²) in [4.78, 5) is 0. The molecule has 2 heteroatoms. The number of hydrogen-bond donors (Lipinski definition) is 0. The van der Waals surface area contributed by atoms with E-state index in [0.29, 0.717) is 0 Å². The molecule has 0 N–H and O–H groups in total. The van der Waals surface area contributed by atoms with Crippen molar-refractivity contribution in [2.75, 3.05) is 0 Å². The summed E-state index contributed by atoms with van der Waals surface area (Å²) in [7, 11) is 0. The molecule has 2 aliphatic rings. The van der Waals surface area contributed by atoms with Gasteiger partial charge in [0, 0.05) is 43.5 Å². The van der Waals surface area contributed by atoms with Crippen molar-refractivity contribution in [3.05, 3.63) is 180 Å². The highest BCUT2D eigenvalue weighted by Crippen LogP contribution is 2.53. The molecule has 12 rings (SSSR count). The Morgan fingerprint density at radius 3 is 1.23 bits per heavy atom. The maximum Gasteiger partial charge on any atom is 0.147 e. The zero-order valence-electron chi connectivity index (χ0n) is 31.8. The van der Waals surface area contributed by atoms with Crippen LogP contribution < -0.4 is 0 Å². The molecular formula is C54H38O2. The number of fused-ring (bicyclic) bond motifs is 12. The highest BCUT2D eigenvalue weighted by Gasteiger charge is 2.37. The Morgan fingerprint density at radius 2 is 0.732 bits per heavy atom. The number of rotatable bonds is 3. The quantitative estimate of drug-likeness (QED) is 0.182. The molecule has 0 amide bonds. The van der Waals surface area contributed by atoms with E-state index in [4.69, 9.17) is 8.83 Å². The number of hydrogen-bond acceptors (Lipinski definition) is 2. The first-order valence-electron chi connectivity index (χ1n) is 19.7. The second-order valence-electron chi connectivity index (χ2n) is 16.8. The van der Waals surface area contributed by atoms with Gasteiger partial charge in [-0.25, -0.2) is 0 Å². The summed E-state index contributed by atoms with van der Waals surface area (Å²) in [6.07, 6.45) is 0. The lowest BCUT2D eigenvalue weighted by Gasteiger charge is -2.22. The van der Waals surface area contributed by atoms with Crippen molar-refractivity contribution in [2.45, 2.75) is 38.5 Å². The number of furan rings is 2. The Morgan fingerprint density at radius 1 is 0.304 bits per heavy atom. The van der Waals surface area contributed by atoms with Crippen LogP contribution >= 0.6 is 0 Å². The van der Waals surface area contributed by atoms with Crippen molar-refractivity contribution in [2.24, 2.45) is 0 Å². The van der Waals surface area contributed by atoms with Crippen molar-refractivity contribution in [1.29, 1.82) is 0 Å². The topological polar surface area (TPSA) is 26.3 Å². The maximum atomic E-state index is 7.12. The fourth-order valence-electron chi connectivity index (χ4n) is 10.2. The van der Waals surface area contributed by atoms with E-state index in [0.717, 1.165) is 77.3 Å². The largest absolute Gasteiger partial charge is 0.455 e. The highest BCUT2D eigenvalue weighted by atomic mass is 16.3. The SMILES string of the molecule is CC1(C)c2ccccc2-c2ccc(-c3cccc4c3oc3c(-c5ccccc5)c5oc6c(-c7ccc8c(c7)C(C)(C)c7ccccc7-8)cccc6c5cc34)cc21. The van der Waals surface area contributed by atoms with Gasteiger partial charge in [-0.15, -0.1) is 0 Å². The van der Waals surface area contributed by atoms with Crippen LogP contribution in [0.2, 0.25) is 0 Å². The minimum absolute atomic E-state index is 0.0877. The lowest BCUT2D eigenvalue weighted by Crippen LogP contribution is -2.14. The molecule has 2 aromatic heterocycles. The lowest BCUT2D eigenvalue weighted by molar-refractivity contribution is 0.657. The average Bonchev–Trinajstić information content (AvgIpc) is 3.93. The summed E-state index contributed by atoms with van der Waals surface area (Å²) in [5.74, 6) is 0. The standard InChI is InChI=1S/C54H38O2/c1-53(2)44-22-10-8-16-36(44)38-26-24-32(28-46(38)53)34-18-12-20-40-42-30-43-41-21-13-19-35(33-25-27-39-37-17-9-11-23-45(37)54(3,4)47(39)29-33)50(41)56-52(43)48(51(42)55-49(34)40)31-14-6-5-7-15-31/h5-30H,1-4H3. The molecule has 266 valence electrons. The van der Waals surface area contributed by atoms with Gasteiger partial charge in [-0.2, -0.15) is 0 Å². The Balaban J connectivity index is 1.08. The van der Waals surface area contributed by atoms with Crippen molar-refractivity contribution < 1.29 is 8.83 Å². The summed E-state index contributed by atoms with van der Waals surface area (Å²) < 4.78 is 14.2. The Labute approximate surface area is 325 Å². The van der Waals surface area contributed by atoms with E-state index in [9.17, 15) is 0 Å². The van der Waals surface area contributed by atoms with Crippen molar-refractivity contribution in [3.63, 3.8) is 0 Å². The van der Waals surface area contributed by atoms with E-state index in [1.54, 1.807) is 0 Å². The molecule has 0 bridgehead atoms. The van der Waals surface area contributed by atoms with Gasteiger partial charge in [0.25, 0.3) is 0 Å². The monoisotopic (exact) mass is 718 g/mol. The molecule has 0 saturated carbocycles. The molecule has 0 aliphatic heterocycles. The minimum Gasteiger partial charge on any atom is -0.455 e. The van der Waals surface area contributed by atoms with E-state index in [2.05, 4.69) is 185 Å². The first-order chi connectivity index (χ1) is 27.3. The minimum atomic E-state index is -0.0877. The Bertz CT molecular complexity index is 3100. The molecule has 0 atom stereocenters. The summed E-state index contributed by atoms with van der Waals surface area (Å²) in [6.45, 7) is 9.35. The van der Waals surface area contributed by atoms with Crippen LogP contribution in [0.15, 0.2) is 167 Å². The molecule has 0 saturated heterocycles. The van der Waals surface area contributed by atoms with Gasteiger partial charge >= 0.3 is 0 Å². The van der Waals surface area contributed by atoms with Crippen LogP contribution in [0.4, 0.5) is 0 Å². The van der Waals surface area contributed by atoms with Gasteiger partial charge in [0.1, 0.15) is 22.3 Å². The number of para-hydroxylation sites is 2. The predicted octanol–water partition coefficient (Wildman–Crippen LogP) is 15.1. The van der Waals surface area contributed by atoms with E-state index in [1.165, 1.54) is 44.5 Å². The zero-order valence-corrected chi connectivity index (χ0v) is 31.8. The van der Waals surface area contributed by atoms with Crippen LogP contribution in [0, 0.1) is 0 Å². The van der Waals surface area contributed by atoms with E-state index in [-0.39, 0.29) is 10.8 Å². The third-order valence-corrected chi connectivity index (χ3v) is 13.1. The van der Waals surface area contributed by atoms with Crippen LogP contribution in [-0.4, -0.2) is 0 Å². The Kier molecular flexibility index (Phi) is 6.22. The van der Waals surface area contributed by atoms with Crippen LogP contribution in [0.25, 0.3) is 99.5 Å². The fourth-order valence-corrected chi connectivity index (χ4v) is 10.2. The van der Waals surface area contributed by atoms with Gasteiger partial charge in [0.15, 0.2) is 0 Å². The van der Waals surface area contributed by atoms with Gasteiger partial charge in [-0.1, -0.05) is 167 Å². The van der Waals surface area contributed by atoms with Gasteiger partial charge in [-0.3, -0.25) is 0 Å². The molecule has 2 aliphatic carbocycles. The fraction of sp³-hybridized carbons (Fsp3) is 0.111. The molecular weight excluding hydrogens is 681 g/mol. The second kappa shape index (κ2) is 11.0. The molecule has 2 heterocycles. The normalized spacial score (nSPS) is 14.7. The summed E-state index contributed by atoms with van der Waals surface area (Å²) in [5, 5.41) is 4.38. The van der Waals surface area contributed by atoms with Crippen molar-refractivity contribution in [3.8, 4) is 55.6 Å². The second-order valence-corrected chi connectivity index (χ2v) is 16.8. The molecule has 0 unspecified atom stereocenters. The van der Waals surface area contributed by atoms with Crippen molar-refractivity contribution in [1.82, 2.24) is 0 Å². The highest BCUT2D eigenvalue weighted by molar-refractivity contribution is 6.24. The summed E-state index contributed by atoms with van der Waals surface area (Å²) >= 11 is 0. The van der Waals surface area contributed by atoms with Crippen LogP contribution in [0.5, 0.6) is 0 Å². The molecule has 0 radical (unpaired) electrons. The lowest BCUT2D eigenvalue weighted by atomic mass is 9.81. The maximum absolute atomic E-state index is 7.12. The molecule has 56 heavy (non-hydrogen) atoms. The third kappa shape index (κ3) is 4.11. The van der Waals surface area contributed by atoms with Gasteiger partial charge in [0.2, 0.25) is 0 Å². The smallest absolute Gasteiger partial charge is 0.147 e. The molecule has 0 fully saturated rings. The summed E-state index contributed by atoms with van der Waals surface area (Å²) in [6, 6.07) is 57.6. The third-order valence-electron chi connectivity index (χ3n) is 13.1.